The van der Waals surface area contributed by atoms with Crippen molar-refractivity contribution in [3.63, 3.8) is 0 Å². The largest absolute Gasteiger partial charge is 0.484 e. The first-order chi connectivity index (χ1) is 12.5. The van der Waals surface area contributed by atoms with Crippen LogP contribution in [0.15, 0.2) is 60.7 Å². The zero-order valence-electron chi connectivity index (χ0n) is 14.7. The summed E-state index contributed by atoms with van der Waals surface area (Å²) in [6.07, 6.45) is 0. The summed E-state index contributed by atoms with van der Waals surface area (Å²) < 4.78 is 5.56. The van der Waals surface area contributed by atoms with Gasteiger partial charge in [0.1, 0.15) is 5.75 Å². The number of hydrogen-bond donors (Lipinski definition) is 2. The summed E-state index contributed by atoms with van der Waals surface area (Å²) in [5, 5.41) is 8.08. The lowest BCUT2D eigenvalue weighted by Gasteiger charge is -2.12. The third kappa shape index (κ3) is 4.58. The average Bonchev–Trinajstić information content (AvgIpc) is 2.63. The van der Waals surface area contributed by atoms with Gasteiger partial charge in [-0.05, 0) is 72.2 Å². The zero-order chi connectivity index (χ0) is 18.5. The van der Waals surface area contributed by atoms with Gasteiger partial charge in [0.15, 0.2) is 11.7 Å². The first-order valence-corrected chi connectivity index (χ1v) is 8.72. The smallest absolute Gasteiger partial charge is 0.264 e. The van der Waals surface area contributed by atoms with Crippen molar-refractivity contribution >= 4 is 39.7 Å². The average molecular weight is 364 g/mol. The van der Waals surface area contributed by atoms with E-state index in [2.05, 4.69) is 10.6 Å². The second-order valence-corrected chi connectivity index (χ2v) is 6.51. The molecule has 0 heterocycles. The van der Waals surface area contributed by atoms with E-state index in [1.807, 2.05) is 74.5 Å². The number of ether oxygens (including phenoxy) is 1. The highest BCUT2D eigenvalue weighted by Crippen LogP contribution is 2.20. The predicted octanol–water partition coefficient (Wildman–Crippen LogP) is 4.35. The second-order valence-electron chi connectivity index (χ2n) is 6.10. The molecule has 132 valence electrons. The Hall–Kier alpha value is -2.92. The van der Waals surface area contributed by atoms with E-state index in [9.17, 15) is 4.79 Å². The molecule has 0 saturated carbocycles. The number of hydrogen-bond acceptors (Lipinski definition) is 3. The Labute approximate surface area is 158 Å². The van der Waals surface area contributed by atoms with Crippen LogP contribution >= 0.6 is 12.2 Å². The van der Waals surface area contributed by atoms with Gasteiger partial charge < -0.3 is 10.1 Å². The number of aryl methyl sites for hydroxylation is 2. The number of amides is 1. The quantitative estimate of drug-likeness (QED) is 0.676. The molecule has 0 aromatic heterocycles. The molecule has 26 heavy (non-hydrogen) atoms. The van der Waals surface area contributed by atoms with Crippen LogP contribution < -0.4 is 15.4 Å². The molecular weight excluding hydrogens is 344 g/mol. The molecule has 0 unspecified atom stereocenters. The molecule has 0 spiro atoms. The van der Waals surface area contributed by atoms with E-state index in [1.54, 1.807) is 0 Å². The van der Waals surface area contributed by atoms with Crippen LogP contribution in [0.25, 0.3) is 10.8 Å². The first-order valence-electron chi connectivity index (χ1n) is 8.31. The maximum atomic E-state index is 12.0. The van der Waals surface area contributed by atoms with Crippen LogP contribution in [-0.4, -0.2) is 17.6 Å². The molecule has 0 radical (unpaired) electrons. The van der Waals surface area contributed by atoms with Gasteiger partial charge in [-0.15, -0.1) is 0 Å². The summed E-state index contributed by atoms with van der Waals surface area (Å²) in [5.41, 5.74) is 3.20. The Bertz CT molecular complexity index is 969. The van der Waals surface area contributed by atoms with Crippen LogP contribution in [0.2, 0.25) is 0 Å². The Morgan fingerprint density at radius 2 is 1.73 bits per heavy atom. The van der Waals surface area contributed by atoms with Gasteiger partial charge in [-0.1, -0.05) is 36.4 Å². The Balaban J connectivity index is 1.52. The van der Waals surface area contributed by atoms with E-state index >= 15 is 0 Å². The molecule has 2 N–H and O–H groups in total. The van der Waals surface area contributed by atoms with Crippen LogP contribution in [-0.2, 0) is 4.79 Å². The number of carbonyl (C=O) groups is 1. The van der Waals surface area contributed by atoms with Crippen LogP contribution in [0, 0.1) is 13.8 Å². The minimum absolute atomic E-state index is 0.104. The molecule has 0 fully saturated rings. The van der Waals surface area contributed by atoms with Gasteiger partial charge in [-0.3, -0.25) is 10.1 Å². The van der Waals surface area contributed by atoms with Crippen molar-refractivity contribution in [2.24, 2.45) is 0 Å². The lowest BCUT2D eigenvalue weighted by molar-refractivity contribution is -0.121. The maximum absolute atomic E-state index is 12.0. The number of nitrogens with one attached hydrogen (secondary N) is 2. The van der Waals surface area contributed by atoms with Crippen molar-refractivity contribution in [2.45, 2.75) is 13.8 Å². The lowest BCUT2D eigenvalue weighted by atomic mass is 10.1. The number of rotatable bonds is 4. The Kier molecular flexibility index (Phi) is 5.49. The summed E-state index contributed by atoms with van der Waals surface area (Å²) in [4.78, 5) is 12.0. The van der Waals surface area contributed by atoms with E-state index in [0.29, 0.717) is 5.75 Å². The Morgan fingerprint density at radius 1 is 0.962 bits per heavy atom. The molecule has 0 atom stereocenters. The standard InChI is InChI=1S/C21H20N2O2S/c1-14-7-9-18(11-15(14)2)22-21(26)23-20(24)13-25-19-10-8-16-5-3-4-6-17(16)12-19/h3-12H,13H2,1-2H3,(H2,22,23,24,26). The van der Waals surface area contributed by atoms with Crippen LogP contribution in [0.3, 0.4) is 0 Å². The van der Waals surface area contributed by atoms with Crippen LogP contribution in [0.1, 0.15) is 11.1 Å². The number of carbonyl (C=O) groups excluding carboxylic acids is 1. The fourth-order valence-electron chi connectivity index (χ4n) is 2.55. The monoisotopic (exact) mass is 364 g/mol. The van der Waals surface area contributed by atoms with Gasteiger partial charge in [0, 0.05) is 5.69 Å². The van der Waals surface area contributed by atoms with Gasteiger partial charge in [0.25, 0.3) is 5.91 Å². The minimum atomic E-state index is -0.306. The number of anilines is 1. The molecular formula is C21H20N2O2S. The molecule has 0 saturated heterocycles. The molecule has 0 aliphatic rings. The van der Waals surface area contributed by atoms with Crippen molar-refractivity contribution in [1.82, 2.24) is 5.32 Å². The Morgan fingerprint density at radius 3 is 2.50 bits per heavy atom. The molecule has 3 aromatic rings. The SMILES string of the molecule is Cc1ccc(NC(=S)NC(=O)COc2ccc3ccccc3c2)cc1C. The molecule has 4 nitrogen and oxygen atoms in total. The van der Waals surface area contributed by atoms with E-state index < -0.39 is 0 Å². The van der Waals surface area contributed by atoms with E-state index in [0.717, 1.165) is 22.0 Å². The molecule has 0 bridgehead atoms. The van der Waals surface area contributed by atoms with Crippen molar-refractivity contribution in [3.05, 3.63) is 71.8 Å². The zero-order valence-corrected chi connectivity index (χ0v) is 15.5. The normalized spacial score (nSPS) is 10.4. The van der Waals surface area contributed by atoms with Gasteiger partial charge >= 0.3 is 0 Å². The van der Waals surface area contributed by atoms with Crippen molar-refractivity contribution in [3.8, 4) is 5.75 Å². The molecule has 0 aliphatic heterocycles. The number of thiocarbonyl (C=S) groups is 1. The van der Waals surface area contributed by atoms with Crippen molar-refractivity contribution in [1.29, 1.82) is 0 Å². The summed E-state index contributed by atoms with van der Waals surface area (Å²) in [6.45, 7) is 3.97. The molecule has 3 rings (SSSR count). The fourth-order valence-corrected chi connectivity index (χ4v) is 2.78. The van der Waals surface area contributed by atoms with Gasteiger partial charge in [0.05, 0.1) is 0 Å². The van der Waals surface area contributed by atoms with E-state index in [4.69, 9.17) is 17.0 Å². The van der Waals surface area contributed by atoms with E-state index in [-0.39, 0.29) is 17.6 Å². The maximum Gasteiger partial charge on any atom is 0.264 e. The summed E-state index contributed by atoms with van der Waals surface area (Å²) in [5.74, 6) is 0.339. The highest BCUT2D eigenvalue weighted by Gasteiger charge is 2.07. The fraction of sp³-hybridized carbons (Fsp3) is 0.143. The molecule has 3 aromatic carbocycles. The predicted molar refractivity (Wildman–Crippen MR) is 110 cm³/mol. The van der Waals surface area contributed by atoms with Gasteiger partial charge in [0.2, 0.25) is 0 Å². The van der Waals surface area contributed by atoms with Crippen molar-refractivity contribution < 1.29 is 9.53 Å². The number of benzene rings is 3. The minimum Gasteiger partial charge on any atom is -0.484 e. The second kappa shape index (κ2) is 7.97. The van der Waals surface area contributed by atoms with Gasteiger partial charge in [-0.2, -0.15) is 0 Å². The third-order valence-electron chi connectivity index (χ3n) is 4.11. The first kappa shape index (κ1) is 17.9. The van der Waals surface area contributed by atoms with Gasteiger partial charge in [-0.25, -0.2) is 0 Å². The topological polar surface area (TPSA) is 50.4 Å². The molecule has 1 amide bonds. The van der Waals surface area contributed by atoms with E-state index in [1.165, 1.54) is 5.56 Å². The highest BCUT2D eigenvalue weighted by atomic mass is 32.1. The van der Waals surface area contributed by atoms with Crippen LogP contribution in [0.5, 0.6) is 5.75 Å². The third-order valence-corrected chi connectivity index (χ3v) is 4.31. The molecule has 0 aliphatic carbocycles. The lowest BCUT2D eigenvalue weighted by Crippen LogP contribution is -2.37. The van der Waals surface area contributed by atoms with Crippen LogP contribution in [0.4, 0.5) is 5.69 Å². The number of fused-ring (bicyclic) bond motifs is 1. The summed E-state index contributed by atoms with van der Waals surface area (Å²) in [7, 11) is 0. The summed E-state index contributed by atoms with van der Waals surface area (Å²) in [6, 6.07) is 19.6. The summed E-state index contributed by atoms with van der Waals surface area (Å²) >= 11 is 5.18. The highest BCUT2D eigenvalue weighted by molar-refractivity contribution is 7.80. The molecule has 5 heteroatoms. The van der Waals surface area contributed by atoms with Crippen molar-refractivity contribution in [2.75, 3.05) is 11.9 Å².